The maximum Gasteiger partial charge on any atom is 0.115 e. The van der Waals surface area contributed by atoms with Crippen LogP contribution < -0.4 is 0 Å². The van der Waals surface area contributed by atoms with E-state index >= 15 is 0 Å². The second kappa shape index (κ2) is 6.72. The van der Waals surface area contributed by atoms with Crippen LogP contribution in [-0.2, 0) is 6.42 Å². The summed E-state index contributed by atoms with van der Waals surface area (Å²) in [6, 6.07) is 15.8. The lowest BCUT2D eigenvalue weighted by Crippen LogP contribution is -1.98. The molecule has 1 N–H and O–H groups in total. The molecular formula is C15H17ClOS. The van der Waals surface area contributed by atoms with Gasteiger partial charge in [0.15, 0.2) is 0 Å². The number of hydrogen-bond donors (Lipinski definition) is 2. The lowest BCUT2D eigenvalue weighted by Gasteiger charge is -2.14. The summed E-state index contributed by atoms with van der Waals surface area (Å²) in [6.07, 6.45) is 0.898. The van der Waals surface area contributed by atoms with Gasteiger partial charge in [-0.15, -0.1) is 12.4 Å². The summed E-state index contributed by atoms with van der Waals surface area (Å²) in [4.78, 5) is 0. The molecule has 0 aliphatic rings. The Morgan fingerprint density at radius 2 is 1.78 bits per heavy atom. The summed E-state index contributed by atoms with van der Waals surface area (Å²) in [7, 11) is 0. The van der Waals surface area contributed by atoms with Crippen LogP contribution in [0.4, 0.5) is 0 Å². The average Bonchev–Trinajstić information content (AvgIpc) is 2.30. The first kappa shape index (κ1) is 14.9. The molecule has 0 aromatic heterocycles. The molecule has 0 bridgehead atoms. The number of rotatable bonds is 3. The summed E-state index contributed by atoms with van der Waals surface area (Å²) in [5, 5.41) is 9.55. The molecule has 2 rings (SSSR count). The monoisotopic (exact) mass is 280 g/mol. The molecule has 3 heteroatoms. The number of thiol groups is 1. The van der Waals surface area contributed by atoms with Gasteiger partial charge in [0, 0.05) is 5.25 Å². The van der Waals surface area contributed by atoms with Gasteiger partial charge in [-0.3, -0.25) is 0 Å². The Morgan fingerprint density at radius 1 is 1.11 bits per heavy atom. The number of halogens is 1. The minimum atomic E-state index is 0. The first-order valence-corrected chi connectivity index (χ1v) is 6.20. The predicted molar refractivity (Wildman–Crippen MR) is 82.0 cm³/mol. The van der Waals surface area contributed by atoms with E-state index in [4.69, 9.17) is 0 Å². The largest absolute Gasteiger partial charge is 0.508 e. The molecule has 0 heterocycles. The molecule has 0 radical (unpaired) electrons. The Labute approximate surface area is 120 Å². The fourth-order valence-corrected chi connectivity index (χ4v) is 2.48. The van der Waals surface area contributed by atoms with Gasteiger partial charge < -0.3 is 5.11 Å². The van der Waals surface area contributed by atoms with Gasteiger partial charge in [0.2, 0.25) is 0 Å². The van der Waals surface area contributed by atoms with Crippen LogP contribution in [0, 0.1) is 6.92 Å². The average molecular weight is 281 g/mol. The van der Waals surface area contributed by atoms with Crippen LogP contribution >= 0.6 is 25.0 Å². The zero-order chi connectivity index (χ0) is 12.3. The topological polar surface area (TPSA) is 20.2 Å². The lowest BCUT2D eigenvalue weighted by atomic mass is 10.00. The fourth-order valence-electron chi connectivity index (χ4n) is 1.98. The van der Waals surface area contributed by atoms with Crippen LogP contribution in [0.25, 0.3) is 0 Å². The second-order valence-corrected chi connectivity index (χ2v) is 4.87. The summed E-state index contributed by atoms with van der Waals surface area (Å²) < 4.78 is 0. The minimum Gasteiger partial charge on any atom is -0.508 e. The molecule has 1 unspecified atom stereocenters. The van der Waals surface area contributed by atoms with Crippen molar-refractivity contribution >= 4 is 25.0 Å². The molecule has 1 nitrogen and oxygen atoms in total. The first-order valence-electron chi connectivity index (χ1n) is 5.68. The van der Waals surface area contributed by atoms with E-state index in [9.17, 15) is 5.11 Å². The highest BCUT2D eigenvalue weighted by Crippen LogP contribution is 2.29. The quantitative estimate of drug-likeness (QED) is 0.802. The molecule has 0 saturated carbocycles. The highest BCUT2D eigenvalue weighted by molar-refractivity contribution is 7.80. The Hall–Kier alpha value is -1.12. The maximum absolute atomic E-state index is 9.38. The van der Waals surface area contributed by atoms with Crippen LogP contribution in [0.1, 0.15) is 21.9 Å². The van der Waals surface area contributed by atoms with Crippen molar-refractivity contribution in [2.24, 2.45) is 0 Å². The minimum absolute atomic E-state index is 0. The summed E-state index contributed by atoms with van der Waals surface area (Å²) >= 11 is 4.65. The zero-order valence-electron chi connectivity index (χ0n) is 10.2. The predicted octanol–water partition coefficient (Wildman–Crippen LogP) is 4.34. The molecular weight excluding hydrogens is 264 g/mol. The summed E-state index contributed by atoms with van der Waals surface area (Å²) in [6.45, 7) is 2.00. The maximum atomic E-state index is 9.38. The third-order valence-corrected chi connectivity index (χ3v) is 3.35. The standard InChI is InChI=1S/C15H16OS.ClH/c1-11-9-13(16)7-8-14(11)15(17)10-12-5-3-2-4-6-12;/h2-9,15-17H,10H2,1H3;1H. The van der Waals surface area contributed by atoms with E-state index < -0.39 is 0 Å². The van der Waals surface area contributed by atoms with E-state index in [1.54, 1.807) is 12.1 Å². The first-order chi connectivity index (χ1) is 8.16. The Bertz CT molecular complexity index is 499. The number of phenols is 1. The van der Waals surface area contributed by atoms with Crippen molar-refractivity contribution in [3.63, 3.8) is 0 Å². The highest BCUT2D eigenvalue weighted by atomic mass is 35.5. The van der Waals surface area contributed by atoms with Crippen molar-refractivity contribution in [1.29, 1.82) is 0 Å². The molecule has 0 saturated heterocycles. The van der Waals surface area contributed by atoms with Crippen molar-refractivity contribution in [2.75, 3.05) is 0 Å². The van der Waals surface area contributed by atoms with Crippen molar-refractivity contribution in [1.82, 2.24) is 0 Å². The van der Waals surface area contributed by atoms with E-state index in [0.29, 0.717) is 5.75 Å². The number of aryl methyl sites for hydroxylation is 1. The van der Waals surface area contributed by atoms with Crippen molar-refractivity contribution < 1.29 is 5.11 Å². The van der Waals surface area contributed by atoms with Gasteiger partial charge in [-0.25, -0.2) is 0 Å². The molecule has 1 atom stereocenters. The van der Waals surface area contributed by atoms with Crippen LogP contribution in [0.3, 0.4) is 0 Å². The van der Waals surface area contributed by atoms with Crippen molar-refractivity contribution in [3.05, 3.63) is 65.2 Å². The third kappa shape index (κ3) is 3.69. The SMILES string of the molecule is Cc1cc(O)ccc1C(S)Cc1ccccc1.Cl. The zero-order valence-corrected chi connectivity index (χ0v) is 11.9. The Kier molecular flexibility index (Phi) is 5.57. The molecule has 0 aliphatic carbocycles. The molecule has 0 aliphatic heterocycles. The smallest absolute Gasteiger partial charge is 0.115 e. The van der Waals surface area contributed by atoms with Crippen LogP contribution in [0.5, 0.6) is 5.75 Å². The summed E-state index contributed by atoms with van der Waals surface area (Å²) in [5.41, 5.74) is 3.54. The molecule has 0 fully saturated rings. The molecule has 2 aromatic carbocycles. The number of phenolic OH excluding ortho intramolecular Hbond substituents is 1. The Morgan fingerprint density at radius 3 is 2.39 bits per heavy atom. The van der Waals surface area contributed by atoms with Gasteiger partial charge in [-0.1, -0.05) is 36.4 Å². The third-order valence-electron chi connectivity index (χ3n) is 2.88. The summed E-state index contributed by atoms with van der Waals surface area (Å²) in [5.74, 6) is 0.312. The number of benzene rings is 2. The van der Waals surface area contributed by atoms with E-state index in [0.717, 1.165) is 12.0 Å². The lowest BCUT2D eigenvalue weighted by molar-refractivity contribution is 0.474. The number of aromatic hydroxyl groups is 1. The van der Waals surface area contributed by atoms with E-state index in [-0.39, 0.29) is 17.7 Å². The number of hydrogen-bond acceptors (Lipinski definition) is 2. The molecule has 96 valence electrons. The van der Waals surface area contributed by atoms with Gasteiger partial charge in [0.05, 0.1) is 0 Å². The highest BCUT2D eigenvalue weighted by Gasteiger charge is 2.10. The van der Waals surface area contributed by atoms with E-state index in [1.165, 1.54) is 11.1 Å². The second-order valence-electron chi connectivity index (χ2n) is 4.25. The normalized spacial score (nSPS) is 11.7. The molecule has 2 aromatic rings. The fraction of sp³-hybridized carbons (Fsp3) is 0.200. The van der Waals surface area contributed by atoms with Gasteiger partial charge in [0.1, 0.15) is 5.75 Å². The van der Waals surface area contributed by atoms with Gasteiger partial charge in [-0.05, 0) is 42.2 Å². The van der Waals surface area contributed by atoms with E-state index in [2.05, 4.69) is 24.8 Å². The van der Waals surface area contributed by atoms with E-state index in [1.807, 2.05) is 31.2 Å². The van der Waals surface area contributed by atoms with Crippen LogP contribution in [0.2, 0.25) is 0 Å². The molecule has 0 amide bonds. The van der Waals surface area contributed by atoms with Crippen LogP contribution in [-0.4, -0.2) is 5.11 Å². The van der Waals surface area contributed by atoms with Crippen molar-refractivity contribution in [3.8, 4) is 5.75 Å². The Balaban J connectivity index is 0.00000162. The van der Waals surface area contributed by atoms with Crippen LogP contribution in [0.15, 0.2) is 48.5 Å². The van der Waals surface area contributed by atoms with Crippen molar-refractivity contribution in [2.45, 2.75) is 18.6 Å². The van der Waals surface area contributed by atoms with Gasteiger partial charge >= 0.3 is 0 Å². The molecule has 18 heavy (non-hydrogen) atoms. The molecule has 0 spiro atoms. The van der Waals surface area contributed by atoms with Gasteiger partial charge in [0.25, 0.3) is 0 Å². The van der Waals surface area contributed by atoms with Gasteiger partial charge in [-0.2, -0.15) is 12.6 Å².